The summed E-state index contributed by atoms with van der Waals surface area (Å²) in [7, 11) is 0. The predicted octanol–water partition coefficient (Wildman–Crippen LogP) is 4.76. The van der Waals surface area contributed by atoms with Crippen LogP contribution in [0, 0.1) is 0 Å². The van der Waals surface area contributed by atoms with E-state index in [0.29, 0.717) is 24.3 Å². The molecule has 2 aromatic rings. The number of alkyl halides is 3. The Balaban J connectivity index is 1.59. The molecule has 2 aliphatic rings. The Morgan fingerprint density at radius 3 is 2.50 bits per heavy atom. The second-order valence-electron chi connectivity index (χ2n) is 6.30. The van der Waals surface area contributed by atoms with Gasteiger partial charge in [-0.3, -0.25) is 4.79 Å². The average molecular weight is 384 g/mol. The Hall–Kier alpha value is -2.41. The van der Waals surface area contributed by atoms with E-state index in [0.717, 1.165) is 17.7 Å². The third-order valence-corrected chi connectivity index (χ3v) is 4.97. The molecule has 2 aromatic carbocycles. The zero-order chi connectivity index (χ0) is 18.5. The molecule has 0 unspecified atom stereocenters. The lowest BCUT2D eigenvalue weighted by molar-refractivity contribution is -0.137. The molecule has 0 aromatic heterocycles. The number of hydrogen-bond acceptors (Lipinski definition) is 3. The fourth-order valence-electron chi connectivity index (χ4n) is 3.04. The predicted molar refractivity (Wildman–Crippen MR) is 88.6 cm³/mol. The molecule has 0 spiro atoms. The van der Waals surface area contributed by atoms with Crippen molar-refractivity contribution in [3.05, 3.63) is 52.5 Å². The summed E-state index contributed by atoms with van der Waals surface area (Å²) in [5.74, 6) is 0.816. The first-order chi connectivity index (χ1) is 12.3. The first-order valence-electron chi connectivity index (χ1n) is 7.88. The first kappa shape index (κ1) is 17.0. The van der Waals surface area contributed by atoms with Gasteiger partial charge in [0.25, 0.3) is 0 Å². The number of hydrogen-bond donors (Lipinski definition) is 1. The Morgan fingerprint density at radius 2 is 1.81 bits per heavy atom. The number of amides is 1. The molecule has 0 radical (unpaired) electrons. The lowest BCUT2D eigenvalue weighted by Crippen LogP contribution is -2.28. The van der Waals surface area contributed by atoms with Crippen LogP contribution in [0.25, 0.3) is 0 Å². The molecule has 1 aliphatic carbocycles. The van der Waals surface area contributed by atoms with E-state index >= 15 is 0 Å². The Bertz CT molecular complexity index is 894. The summed E-state index contributed by atoms with van der Waals surface area (Å²) in [6.45, 7) is 0.128. The van der Waals surface area contributed by atoms with E-state index in [4.69, 9.17) is 21.1 Å². The van der Waals surface area contributed by atoms with E-state index < -0.39 is 22.2 Å². The van der Waals surface area contributed by atoms with Crippen molar-refractivity contribution < 1.29 is 27.4 Å². The van der Waals surface area contributed by atoms with E-state index in [-0.39, 0.29) is 18.4 Å². The van der Waals surface area contributed by atoms with E-state index in [9.17, 15) is 18.0 Å². The second kappa shape index (κ2) is 5.81. The molecule has 4 nitrogen and oxygen atoms in total. The van der Waals surface area contributed by atoms with Gasteiger partial charge in [0.1, 0.15) is 0 Å². The lowest BCUT2D eigenvalue weighted by Gasteiger charge is -2.17. The molecule has 1 N–H and O–H groups in total. The quantitative estimate of drug-likeness (QED) is 0.831. The number of fused-ring (bicyclic) bond motifs is 1. The third-order valence-electron chi connectivity index (χ3n) is 4.64. The highest BCUT2D eigenvalue weighted by Crippen LogP contribution is 2.51. The number of ether oxygens (including phenoxy) is 2. The van der Waals surface area contributed by atoms with Gasteiger partial charge in [-0.05, 0) is 48.7 Å². The molecule has 26 heavy (non-hydrogen) atoms. The van der Waals surface area contributed by atoms with Crippen molar-refractivity contribution in [1.29, 1.82) is 0 Å². The molecule has 1 amide bonds. The smallest absolute Gasteiger partial charge is 0.417 e. The fourth-order valence-corrected chi connectivity index (χ4v) is 3.26. The van der Waals surface area contributed by atoms with Crippen molar-refractivity contribution in [2.75, 3.05) is 12.1 Å². The van der Waals surface area contributed by atoms with Gasteiger partial charge in [0, 0.05) is 5.69 Å². The molecule has 0 saturated heterocycles. The molecule has 1 saturated carbocycles. The minimum atomic E-state index is -4.59. The summed E-state index contributed by atoms with van der Waals surface area (Å²) in [4.78, 5) is 12.7. The number of benzene rings is 2. The average Bonchev–Trinajstić information content (AvgIpc) is 3.27. The van der Waals surface area contributed by atoms with Crippen LogP contribution in [0.15, 0.2) is 36.4 Å². The summed E-state index contributed by atoms with van der Waals surface area (Å²) >= 11 is 5.61. The van der Waals surface area contributed by atoms with Crippen molar-refractivity contribution in [1.82, 2.24) is 0 Å². The lowest BCUT2D eigenvalue weighted by atomic mass is 9.94. The van der Waals surface area contributed by atoms with Crippen molar-refractivity contribution in [3.63, 3.8) is 0 Å². The molecule has 0 bridgehead atoms. The van der Waals surface area contributed by atoms with Crippen LogP contribution in [0.4, 0.5) is 18.9 Å². The van der Waals surface area contributed by atoms with Crippen molar-refractivity contribution >= 4 is 23.2 Å². The second-order valence-corrected chi connectivity index (χ2v) is 6.70. The summed E-state index contributed by atoms with van der Waals surface area (Å²) < 4.78 is 49.5. The minimum absolute atomic E-state index is 0.0544. The maximum absolute atomic E-state index is 13.0. The SMILES string of the molecule is O=C(Nc1ccc(Cl)c(C(F)(F)F)c1)C1(c2ccc3c(c2)OCO3)CC1. The van der Waals surface area contributed by atoms with Gasteiger partial charge in [-0.1, -0.05) is 17.7 Å². The minimum Gasteiger partial charge on any atom is -0.454 e. The maximum Gasteiger partial charge on any atom is 0.417 e. The molecular formula is C18H13ClF3NO3. The Labute approximate surface area is 151 Å². The van der Waals surface area contributed by atoms with Crippen LogP contribution in [0.3, 0.4) is 0 Å². The summed E-state index contributed by atoms with van der Waals surface area (Å²) in [6.07, 6.45) is -3.37. The highest BCUT2D eigenvalue weighted by molar-refractivity contribution is 6.31. The van der Waals surface area contributed by atoms with Gasteiger partial charge in [0.2, 0.25) is 12.7 Å². The van der Waals surface area contributed by atoms with Crippen molar-refractivity contribution in [2.24, 2.45) is 0 Å². The number of anilines is 1. The van der Waals surface area contributed by atoms with Gasteiger partial charge in [-0.25, -0.2) is 0 Å². The van der Waals surface area contributed by atoms with Gasteiger partial charge in [0.15, 0.2) is 11.5 Å². The molecule has 136 valence electrons. The van der Waals surface area contributed by atoms with Crippen LogP contribution in [0.5, 0.6) is 11.5 Å². The van der Waals surface area contributed by atoms with Crippen LogP contribution in [0.2, 0.25) is 5.02 Å². The monoisotopic (exact) mass is 383 g/mol. The zero-order valence-corrected chi connectivity index (χ0v) is 14.1. The highest BCUT2D eigenvalue weighted by Gasteiger charge is 2.51. The van der Waals surface area contributed by atoms with E-state index in [1.54, 1.807) is 18.2 Å². The number of halogens is 4. The molecule has 1 heterocycles. The number of nitrogens with one attached hydrogen (secondary N) is 1. The molecule has 1 aliphatic heterocycles. The normalized spacial score (nSPS) is 17.1. The van der Waals surface area contributed by atoms with Crippen LogP contribution >= 0.6 is 11.6 Å². The molecule has 0 atom stereocenters. The number of carbonyl (C=O) groups is 1. The van der Waals surface area contributed by atoms with E-state index in [2.05, 4.69) is 5.32 Å². The van der Waals surface area contributed by atoms with Gasteiger partial charge in [-0.2, -0.15) is 13.2 Å². The topological polar surface area (TPSA) is 47.6 Å². The van der Waals surface area contributed by atoms with Gasteiger partial charge in [-0.15, -0.1) is 0 Å². The Kier molecular flexibility index (Phi) is 3.80. The van der Waals surface area contributed by atoms with Crippen LogP contribution in [-0.2, 0) is 16.4 Å². The van der Waals surface area contributed by atoms with E-state index in [1.807, 2.05) is 0 Å². The van der Waals surface area contributed by atoms with Crippen LogP contribution in [-0.4, -0.2) is 12.7 Å². The Morgan fingerprint density at radius 1 is 1.08 bits per heavy atom. The van der Waals surface area contributed by atoms with Gasteiger partial charge < -0.3 is 14.8 Å². The van der Waals surface area contributed by atoms with Gasteiger partial charge >= 0.3 is 6.18 Å². The fraction of sp³-hybridized carbons (Fsp3) is 0.278. The molecule has 4 rings (SSSR count). The number of rotatable bonds is 3. The zero-order valence-electron chi connectivity index (χ0n) is 13.3. The molecular weight excluding hydrogens is 371 g/mol. The summed E-state index contributed by atoms with van der Waals surface area (Å²) in [5.41, 5.74) is -0.938. The third kappa shape index (κ3) is 2.86. The van der Waals surface area contributed by atoms with Crippen molar-refractivity contribution in [3.8, 4) is 11.5 Å². The van der Waals surface area contributed by atoms with Gasteiger partial charge in [0.05, 0.1) is 16.0 Å². The summed E-state index contributed by atoms with van der Waals surface area (Å²) in [5, 5.41) is 2.17. The molecule has 1 fully saturated rings. The highest BCUT2D eigenvalue weighted by atomic mass is 35.5. The standard InChI is InChI=1S/C18H13ClF3NO3/c19-13-3-2-11(8-12(13)18(20,21)22)23-16(24)17(5-6-17)10-1-4-14-15(7-10)26-9-25-14/h1-4,7-8H,5-6,9H2,(H,23,24). The van der Waals surface area contributed by atoms with E-state index in [1.165, 1.54) is 6.07 Å². The number of carbonyl (C=O) groups excluding carboxylic acids is 1. The van der Waals surface area contributed by atoms with Crippen LogP contribution in [0.1, 0.15) is 24.0 Å². The maximum atomic E-state index is 13.0. The summed E-state index contributed by atoms with van der Waals surface area (Å²) in [6, 6.07) is 8.58. The van der Waals surface area contributed by atoms with Crippen molar-refractivity contribution in [2.45, 2.75) is 24.4 Å². The van der Waals surface area contributed by atoms with Crippen LogP contribution < -0.4 is 14.8 Å². The molecule has 8 heteroatoms. The first-order valence-corrected chi connectivity index (χ1v) is 8.26. The largest absolute Gasteiger partial charge is 0.454 e.